The second-order valence-electron chi connectivity index (χ2n) is 6.57. The number of nitrogens with zero attached hydrogens (tertiary/aromatic N) is 2. The summed E-state index contributed by atoms with van der Waals surface area (Å²) in [5, 5.41) is 3.28. The lowest BCUT2D eigenvalue weighted by atomic mass is 10.1. The zero-order valence-electron chi connectivity index (χ0n) is 14.3. The highest BCUT2D eigenvalue weighted by atomic mass is 32.2. The minimum absolute atomic E-state index is 0.146. The molecule has 1 aromatic carbocycles. The van der Waals surface area contributed by atoms with Gasteiger partial charge in [-0.3, -0.25) is 14.4 Å². The minimum Gasteiger partial charge on any atom is -0.342 e. The summed E-state index contributed by atoms with van der Waals surface area (Å²) in [6.07, 6.45) is 0. The summed E-state index contributed by atoms with van der Waals surface area (Å²) < 4.78 is -0.527. The van der Waals surface area contributed by atoms with Crippen LogP contribution < -0.4 is 10.9 Å². The van der Waals surface area contributed by atoms with Crippen LogP contribution in [0, 0.1) is 0 Å². The lowest BCUT2D eigenvalue weighted by molar-refractivity contribution is -0.136. The highest BCUT2D eigenvalue weighted by Gasteiger charge is 2.38. The maximum Gasteiger partial charge on any atom is 0.258 e. The first-order chi connectivity index (χ1) is 11.8. The Hall–Kier alpha value is -2.35. The molecule has 1 saturated heterocycles. The largest absolute Gasteiger partial charge is 0.342 e. The number of aromatic amines is 1. The molecule has 0 aliphatic carbocycles. The number of rotatable bonds is 3. The zero-order valence-corrected chi connectivity index (χ0v) is 15.1. The molecule has 1 aliphatic rings. The predicted molar refractivity (Wildman–Crippen MR) is 97.3 cm³/mol. The van der Waals surface area contributed by atoms with Gasteiger partial charge < -0.3 is 15.2 Å². The van der Waals surface area contributed by atoms with Crippen LogP contribution in [0.3, 0.4) is 0 Å². The standard InChI is InChI=1S/C17H20N4O3S/c1-17(2)16(24)19-12(9-25-17)15(23)21(3)8-13-18-11-7-5-4-6-10(11)14(22)20-13/h4-7,12H,8-9H2,1-3H3,(H,19,24)(H,18,20,22)/t12-/m1/s1. The third kappa shape index (κ3) is 3.53. The van der Waals surface area contributed by atoms with Crippen molar-refractivity contribution in [3.63, 3.8) is 0 Å². The number of nitrogens with one attached hydrogen (secondary N) is 2. The number of carbonyl (C=O) groups is 2. The van der Waals surface area contributed by atoms with Gasteiger partial charge >= 0.3 is 0 Å². The SMILES string of the molecule is CN(Cc1nc2ccccc2c(=O)[nH]1)C(=O)[C@H]1CSC(C)(C)C(=O)N1. The van der Waals surface area contributed by atoms with Crippen LogP contribution in [0.4, 0.5) is 0 Å². The Balaban J connectivity index is 1.74. The van der Waals surface area contributed by atoms with Gasteiger partial charge in [-0.25, -0.2) is 4.98 Å². The quantitative estimate of drug-likeness (QED) is 0.848. The second-order valence-corrected chi connectivity index (χ2v) is 8.21. The lowest BCUT2D eigenvalue weighted by Gasteiger charge is -2.34. The minimum atomic E-state index is -0.567. The Kier molecular flexibility index (Phi) is 4.55. The van der Waals surface area contributed by atoms with Gasteiger partial charge in [0.1, 0.15) is 11.9 Å². The normalized spacial score (nSPS) is 19.5. The van der Waals surface area contributed by atoms with Crippen LogP contribution in [0.25, 0.3) is 10.9 Å². The summed E-state index contributed by atoms with van der Waals surface area (Å²) in [4.78, 5) is 45.3. The van der Waals surface area contributed by atoms with Crippen LogP contribution in [0.15, 0.2) is 29.1 Å². The van der Waals surface area contributed by atoms with Crippen LogP contribution in [0.1, 0.15) is 19.7 Å². The summed E-state index contributed by atoms with van der Waals surface area (Å²) in [6.45, 7) is 3.83. The average molecular weight is 360 g/mol. The van der Waals surface area contributed by atoms with Crippen molar-refractivity contribution in [2.24, 2.45) is 0 Å². The average Bonchev–Trinajstić information content (AvgIpc) is 2.57. The van der Waals surface area contributed by atoms with E-state index in [-0.39, 0.29) is 23.9 Å². The predicted octanol–water partition coefficient (Wildman–Crippen LogP) is 0.892. The van der Waals surface area contributed by atoms with Crippen molar-refractivity contribution in [2.75, 3.05) is 12.8 Å². The van der Waals surface area contributed by atoms with Gasteiger partial charge in [-0.05, 0) is 26.0 Å². The van der Waals surface area contributed by atoms with E-state index in [1.165, 1.54) is 16.7 Å². The molecule has 0 bridgehead atoms. The monoisotopic (exact) mass is 360 g/mol. The smallest absolute Gasteiger partial charge is 0.258 e. The molecule has 1 atom stereocenters. The molecule has 8 heteroatoms. The van der Waals surface area contributed by atoms with E-state index >= 15 is 0 Å². The third-order valence-electron chi connectivity index (χ3n) is 4.19. The maximum atomic E-state index is 12.6. The number of benzene rings is 1. The molecular formula is C17H20N4O3S. The van der Waals surface area contributed by atoms with E-state index in [0.29, 0.717) is 22.5 Å². The maximum absolute atomic E-state index is 12.6. The first kappa shape index (κ1) is 17.5. The van der Waals surface area contributed by atoms with E-state index in [1.807, 2.05) is 19.9 Å². The van der Waals surface area contributed by atoms with Crippen LogP contribution in [-0.2, 0) is 16.1 Å². The molecule has 2 amide bonds. The number of fused-ring (bicyclic) bond motifs is 1. The van der Waals surface area contributed by atoms with Crippen molar-refractivity contribution in [3.8, 4) is 0 Å². The summed E-state index contributed by atoms with van der Waals surface area (Å²) in [7, 11) is 1.63. The molecule has 25 heavy (non-hydrogen) atoms. The topological polar surface area (TPSA) is 95.2 Å². The number of hydrogen-bond acceptors (Lipinski definition) is 5. The summed E-state index contributed by atoms with van der Waals surface area (Å²) in [6, 6.07) is 6.48. The summed E-state index contributed by atoms with van der Waals surface area (Å²) in [5.74, 6) is 0.582. The molecule has 0 saturated carbocycles. The van der Waals surface area contributed by atoms with Gasteiger partial charge in [-0.2, -0.15) is 0 Å². The highest BCUT2D eigenvalue weighted by Crippen LogP contribution is 2.29. The van der Waals surface area contributed by atoms with E-state index in [9.17, 15) is 14.4 Å². The number of H-pyrrole nitrogens is 1. The molecule has 132 valence electrons. The van der Waals surface area contributed by atoms with Gasteiger partial charge in [0.05, 0.1) is 22.2 Å². The fourth-order valence-electron chi connectivity index (χ4n) is 2.64. The molecule has 0 radical (unpaired) electrons. The summed E-state index contributed by atoms with van der Waals surface area (Å²) in [5.41, 5.74) is 0.357. The van der Waals surface area contributed by atoms with Crippen LogP contribution in [0.2, 0.25) is 0 Å². The third-order valence-corrected chi connectivity index (χ3v) is 5.59. The van der Waals surface area contributed by atoms with Crippen molar-refractivity contribution in [2.45, 2.75) is 31.2 Å². The number of para-hydroxylation sites is 1. The first-order valence-electron chi connectivity index (χ1n) is 7.96. The molecule has 1 aliphatic heterocycles. The van der Waals surface area contributed by atoms with Crippen LogP contribution in [-0.4, -0.2) is 50.3 Å². The molecule has 1 aromatic heterocycles. The van der Waals surface area contributed by atoms with Crippen LogP contribution >= 0.6 is 11.8 Å². The number of hydrogen-bond donors (Lipinski definition) is 2. The molecule has 3 rings (SSSR count). The second kappa shape index (κ2) is 6.51. The number of likely N-dealkylation sites (N-methyl/N-ethyl adjacent to an activating group) is 1. The molecule has 7 nitrogen and oxygen atoms in total. The van der Waals surface area contributed by atoms with Gasteiger partial charge in [0, 0.05) is 12.8 Å². The van der Waals surface area contributed by atoms with Gasteiger partial charge in [-0.15, -0.1) is 11.8 Å². The van der Waals surface area contributed by atoms with Crippen molar-refractivity contribution in [1.82, 2.24) is 20.2 Å². The van der Waals surface area contributed by atoms with Crippen molar-refractivity contribution in [1.29, 1.82) is 0 Å². The number of thioether (sulfide) groups is 1. The fourth-order valence-corrected chi connectivity index (χ4v) is 3.64. The first-order valence-corrected chi connectivity index (χ1v) is 8.94. The fraction of sp³-hybridized carbons (Fsp3) is 0.412. The molecule has 2 N–H and O–H groups in total. The number of aromatic nitrogens is 2. The van der Waals surface area contributed by atoms with E-state index < -0.39 is 10.8 Å². The molecule has 0 unspecified atom stereocenters. The number of amides is 2. The van der Waals surface area contributed by atoms with Gasteiger partial charge in [0.2, 0.25) is 11.8 Å². The molecule has 0 spiro atoms. The van der Waals surface area contributed by atoms with Crippen molar-refractivity contribution in [3.05, 3.63) is 40.4 Å². The van der Waals surface area contributed by atoms with E-state index in [1.54, 1.807) is 25.2 Å². The van der Waals surface area contributed by atoms with Crippen molar-refractivity contribution < 1.29 is 9.59 Å². The van der Waals surface area contributed by atoms with Crippen LogP contribution in [0.5, 0.6) is 0 Å². The van der Waals surface area contributed by atoms with Gasteiger partial charge in [0.25, 0.3) is 5.56 Å². The summed E-state index contributed by atoms with van der Waals surface area (Å²) >= 11 is 1.46. The highest BCUT2D eigenvalue weighted by molar-refractivity contribution is 8.01. The van der Waals surface area contributed by atoms with E-state index in [0.717, 1.165) is 0 Å². The van der Waals surface area contributed by atoms with E-state index in [2.05, 4.69) is 15.3 Å². The van der Waals surface area contributed by atoms with Gasteiger partial charge in [0.15, 0.2) is 0 Å². The molecule has 2 aromatic rings. The molecular weight excluding hydrogens is 340 g/mol. The molecule has 2 heterocycles. The van der Waals surface area contributed by atoms with Gasteiger partial charge in [-0.1, -0.05) is 12.1 Å². The lowest BCUT2D eigenvalue weighted by Crippen LogP contribution is -2.57. The Morgan fingerprint density at radius 3 is 2.80 bits per heavy atom. The Bertz CT molecular complexity index is 893. The zero-order chi connectivity index (χ0) is 18.2. The van der Waals surface area contributed by atoms with Crippen molar-refractivity contribution >= 4 is 34.5 Å². The van der Waals surface area contributed by atoms with E-state index in [4.69, 9.17) is 0 Å². The Labute approximate surface area is 149 Å². The Morgan fingerprint density at radius 1 is 1.36 bits per heavy atom. The number of carbonyl (C=O) groups excluding carboxylic acids is 2. The Morgan fingerprint density at radius 2 is 2.08 bits per heavy atom. The molecule has 1 fully saturated rings.